The second kappa shape index (κ2) is 7.74. The first-order chi connectivity index (χ1) is 15.1. The lowest BCUT2D eigenvalue weighted by Crippen LogP contribution is -2.49. The summed E-state index contributed by atoms with van der Waals surface area (Å²) in [4.78, 5) is 29.5. The van der Waals surface area contributed by atoms with Crippen LogP contribution in [0.1, 0.15) is 23.6 Å². The van der Waals surface area contributed by atoms with Gasteiger partial charge in [0.25, 0.3) is 5.91 Å². The number of nitrogens with zero attached hydrogens (tertiary/aromatic N) is 2. The smallest absolute Gasteiger partial charge is 0.269 e. The maximum atomic E-state index is 14.0. The normalized spacial score (nSPS) is 20.1. The van der Waals surface area contributed by atoms with E-state index in [9.17, 15) is 9.59 Å². The molecule has 3 aromatic rings. The van der Waals surface area contributed by atoms with E-state index in [-0.39, 0.29) is 17.6 Å². The van der Waals surface area contributed by atoms with Crippen molar-refractivity contribution in [2.24, 2.45) is 0 Å². The zero-order valence-corrected chi connectivity index (χ0v) is 18.6. The summed E-state index contributed by atoms with van der Waals surface area (Å²) in [6.45, 7) is 2.45. The number of fused-ring (bicyclic) bond motifs is 2. The summed E-state index contributed by atoms with van der Waals surface area (Å²) in [5, 5.41) is 0.621. The van der Waals surface area contributed by atoms with E-state index in [4.69, 9.17) is 11.6 Å². The largest absolute Gasteiger partial charge is 0.304 e. The lowest BCUT2D eigenvalue weighted by Gasteiger charge is -2.33. The zero-order chi connectivity index (χ0) is 21.6. The third kappa shape index (κ3) is 3.07. The van der Waals surface area contributed by atoms with Gasteiger partial charge in [-0.2, -0.15) is 0 Å². The van der Waals surface area contributed by atoms with Crippen LogP contribution in [0.15, 0.2) is 72.8 Å². The molecule has 0 aromatic heterocycles. The Hall–Kier alpha value is -2.76. The quantitative estimate of drug-likeness (QED) is 0.537. The first-order valence-electron chi connectivity index (χ1n) is 10.3. The molecule has 2 aliphatic heterocycles. The van der Waals surface area contributed by atoms with Gasteiger partial charge in [0.15, 0.2) is 0 Å². The molecule has 4 nitrogen and oxygen atoms in total. The molecule has 1 unspecified atom stereocenters. The molecule has 1 spiro atoms. The van der Waals surface area contributed by atoms with E-state index in [1.807, 2.05) is 72.8 Å². The summed E-state index contributed by atoms with van der Waals surface area (Å²) >= 11 is 7.79. The molecule has 0 saturated carbocycles. The third-order valence-electron chi connectivity index (χ3n) is 5.95. The molecule has 1 saturated heterocycles. The summed E-state index contributed by atoms with van der Waals surface area (Å²) in [7, 11) is 0. The van der Waals surface area contributed by atoms with Crippen molar-refractivity contribution in [3.8, 4) is 0 Å². The predicted octanol–water partition coefficient (Wildman–Crippen LogP) is 5.38. The van der Waals surface area contributed by atoms with Gasteiger partial charge in [0.1, 0.15) is 0 Å². The minimum Gasteiger partial charge on any atom is -0.304 e. The summed E-state index contributed by atoms with van der Waals surface area (Å²) in [6, 6.07) is 23.2. The van der Waals surface area contributed by atoms with Crippen LogP contribution in [0.3, 0.4) is 0 Å². The van der Waals surface area contributed by atoms with Crippen LogP contribution in [0.2, 0.25) is 5.02 Å². The first kappa shape index (κ1) is 20.2. The Labute approximate surface area is 190 Å². The molecule has 0 N–H and O–H groups in total. The third-order valence-corrected chi connectivity index (χ3v) is 7.71. The lowest BCUT2D eigenvalue weighted by molar-refractivity contribution is -0.123. The average Bonchev–Trinajstić information content (AvgIpc) is 3.26. The van der Waals surface area contributed by atoms with Crippen molar-refractivity contribution in [2.75, 3.05) is 15.6 Å². The lowest BCUT2D eigenvalue weighted by atomic mass is 10.0. The molecule has 0 radical (unpaired) electrons. The van der Waals surface area contributed by atoms with Gasteiger partial charge in [-0.1, -0.05) is 67.1 Å². The standard InChI is InChI=1S/C25H21ClN2O2S/c1-2-17-11-13-19(14-12-17)28-23(29)16-31-25(28)20-8-4-6-10-22(20)27(24(25)30)15-18-7-3-5-9-21(18)26/h3-14H,2,15-16H2,1H3. The number of rotatable bonds is 4. The molecule has 0 aliphatic carbocycles. The van der Waals surface area contributed by atoms with E-state index >= 15 is 0 Å². The molecule has 3 aromatic carbocycles. The van der Waals surface area contributed by atoms with Gasteiger partial charge in [-0.05, 0) is 41.8 Å². The molecule has 31 heavy (non-hydrogen) atoms. The van der Waals surface area contributed by atoms with Gasteiger partial charge in [0, 0.05) is 16.3 Å². The van der Waals surface area contributed by atoms with Crippen LogP contribution in [0, 0.1) is 0 Å². The predicted molar refractivity (Wildman–Crippen MR) is 127 cm³/mol. The van der Waals surface area contributed by atoms with Gasteiger partial charge in [-0.15, -0.1) is 11.8 Å². The Morgan fingerprint density at radius 1 is 0.968 bits per heavy atom. The highest BCUT2D eigenvalue weighted by Crippen LogP contribution is 2.56. The summed E-state index contributed by atoms with van der Waals surface area (Å²) in [5.41, 5.74) is 4.48. The number of hydrogen-bond donors (Lipinski definition) is 0. The van der Waals surface area contributed by atoms with E-state index in [0.717, 1.165) is 28.9 Å². The molecule has 1 fully saturated rings. The second-order valence-corrected chi connectivity index (χ2v) is 9.26. The first-order valence-corrected chi connectivity index (χ1v) is 11.6. The van der Waals surface area contributed by atoms with Gasteiger partial charge in [-0.3, -0.25) is 14.5 Å². The number of anilines is 2. The van der Waals surface area contributed by atoms with Crippen LogP contribution in [0.5, 0.6) is 0 Å². The van der Waals surface area contributed by atoms with Crippen LogP contribution in [-0.4, -0.2) is 17.6 Å². The Kier molecular flexibility index (Phi) is 5.03. The number of para-hydroxylation sites is 1. The van der Waals surface area contributed by atoms with Crippen molar-refractivity contribution < 1.29 is 9.59 Å². The fourth-order valence-electron chi connectivity index (χ4n) is 4.39. The topological polar surface area (TPSA) is 40.6 Å². The second-order valence-electron chi connectivity index (χ2n) is 7.68. The Balaban J connectivity index is 1.63. The highest BCUT2D eigenvalue weighted by Gasteiger charge is 2.60. The molecular weight excluding hydrogens is 428 g/mol. The monoisotopic (exact) mass is 448 g/mol. The Morgan fingerprint density at radius 2 is 1.68 bits per heavy atom. The number of carbonyl (C=O) groups is 2. The van der Waals surface area contributed by atoms with Crippen LogP contribution >= 0.6 is 23.4 Å². The van der Waals surface area contributed by atoms with Crippen molar-refractivity contribution in [1.82, 2.24) is 0 Å². The fourth-order valence-corrected chi connectivity index (χ4v) is 5.95. The number of amides is 2. The van der Waals surface area contributed by atoms with Gasteiger partial charge in [0.2, 0.25) is 10.8 Å². The van der Waals surface area contributed by atoms with E-state index in [1.54, 1.807) is 9.80 Å². The van der Waals surface area contributed by atoms with E-state index in [0.29, 0.717) is 11.6 Å². The molecule has 0 bridgehead atoms. The maximum Gasteiger partial charge on any atom is 0.269 e. The van der Waals surface area contributed by atoms with Crippen molar-refractivity contribution in [3.05, 3.63) is 94.5 Å². The maximum absolute atomic E-state index is 14.0. The van der Waals surface area contributed by atoms with E-state index < -0.39 is 4.87 Å². The number of benzene rings is 3. The highest BCUT2D eigenvalue weighted by molar-refractivity contribution is 8.02. The van der Waals surface area contributed by atoms with E-state index in [2.05, 4.69) is 6.92 Å². The minimum atomic E-state index is -1.09. The van der Waals surface area contributed by atoms with Crippen LogP contribution in [0.4, 0.5) is 11.4 Å². The van der Waals surface area contributed by atoms with Crippen LogP contribution in [-0.2, 0) is 27.4 Å². The summed E-state index contributed by atoms with van der Waals surface area (Å²) in [5.74, 6) is 0.0938. The molecule has 1 atom stereocenters. The van der Waals surface area contributed by atoms with Gasteiger partial charge < -0.3 is 4.90 Å². The van der Waals surface area contributed by atoms with Crippen molar-refractivity contribution in [2.45, 2.75) is 24.8 Å². The number of hydrogen-bond acceptors (Lipinski definition) is 3. The molecule has 5 rings (SSSR count). The zero-order valence-electron chi connectivity index (χ0n) is 17.0. The molecule has 2 aliphatic rings. The SMILES string of the molecule is CCc1ccc(N2C(=O)CSC23C(=O)N(Cc2ccccc2Cl)c2ccccc23)cc1. The highest BCUT2D eigenvalue weighted by atomic mass is 35.5. The van der Waals surface area contributed by atoms with Crippen molar-refractivity contribution in [1.29, 1.82) is 0 Å². The Bertz CT molecular complexity index is 1180. The molecular formula is C25H21ClN2O2S. The van der Waals surface area contributed by atoms with Crippen molar-refractivity contribution >= 4 is 46.6 Å². The molecule has 2 amide bonds. The summed E-state index contributed by atoms with van der Waals surface area (Å²) in [6.07, 6.45) is 0.918. The number of aryl methyl sites for hydroxylation is 1. The number of carbonyl (C=O) groups excluding carboxylic acids is 2. The van der Waals surface area contributed by atoms with Crippen LogP contribution < -0.4 is 9.80 Å². The number of thioether (sulfide) groups is 1. The van der Waals surface area contributed by atoms with Gasteiger partial charge >= 0.3 is 0 Å². The van der Waals surface area contributed by atoms with Crippen LogP contribution in [0.25, 0.3) is 0 Å². The van der Waals surface area contributed by atoms with E-state index in [1.165, 1.54) is 17.3 Å². The fraction of sp³-hybridized carbons (Fsp3) is 0.200. The minimum absolute atomic E-state index is 0.0583. The van der Waals surface area contributed by atoms with Crippen molar-refractivity contribution in [3.63, 3.8) is 0 Å². The van der Waals surface area contributed by atoms with Gasteiger partial charge in [0.05, 0.1) is 18.0 Å². The molecule has 6 heteroatoms. The Morgan fingerprint density at radius 3 is 2.42 bits per heavy atom. The average molecular weight is 449 g/mol. The molecule has 2 heterocycles. The number of halogens is 1. The van der Waals surface area contributed by atoms with Gasteiger partial charge in [-0.25, -0.2) is 0 Å². The molecule has 156 valence electrons. The summed E-state index contributed by atoms with van der Waals surface area (Å²) < 4.78 is 0.